The van der Waals surface area contributed by atoms with Crippen LogP contribution in [0.4, 0.5) is 4.79 Å². The lowest BCUT2D eigenvalue weighted by Gasteiger charge is -2.35. The number of nitrogens with zero attached hydrogens (tertiary/aromatic N) is 1. The number of carboxylic acids is 1. The molecule has 3 aliphatic rings. The molecule has 1 aliphatic heterocycles. The molecule has 0 aromatic carbocycles. The molecule has 2 aliphatic carbocycles. The minimum atomic E-state index is -0.841. The van der Waals surface area contributed by atoms with Crippen LogP contribution in [-0.2, 0) is 4.79 Å². The second-order valence-corrected chi connectivity index (χ2v) is 6.51. The summed E-state index contributed by atoms with van der Waals surface area (Å²) in [6.45, 7) is 2.79. The average molecular weight is 266 g/mol. The number of hydrogen-bond acceptors (Lipinski definition) is 2. The zero-order valence-electron chi connectivity index (χ0n) is 11.3. The number of carbonyl (C=O) groups is 2. The highest BCUT2D eigenvalue weighted by Crippen LogP contribution is 2.42. The van der Waals surface area contributed by atoms with Gasteiger partial charge in [-0.15, -0.1) is 0 Å². The van der Waals surface area contributed by atoms with Crippen molar-refractivity contribution in [1.82, 2.24) is 10.2 Å². The van der Waals surface area contributed by atoms with E-state index >= 15 is 0 Å². The standard InChI is InChI=1S/C14H22N2O3/c1-8-5-10(6-8)15-14(19)16-7-9-3-2-4-11(9)12(16)13(17)18/h8-12H,2-7H2,1H3,(H,15,19)(H,17,18). The van der Waals surface area contributed by atoms with Crippen molar-refractivity contribution in [2.75, 3.05) is 6.54 Å². The van der Waals surface area contributed by atoms with Crippen LogP contribution in [0.3, 0.4) is 0 Å². The van der Waals surface area contributed by atoms with Crippen LogP contribution in [0, 0.1) is 17.8 Å². The van der Waals surface area contributed by atoms with Crippen molar-refractivity contribution in [1.29, 1.82) is 0 Å². The predicted molar refractivity (Wildman–Crippen MR) is 69.7 cm³/mol. The van der Waals surface area contributed by atoms with Gasteiger partial charge < -0.3 is 15.3 Å². The Balaban J connectivity index is 1.65. The SMILES string of the molecule is CC1CC(NC(=O)N2CC3CCCC3C2C(=O)O)C1. The second kappa shape index (κ2) is 4.69. The number of urea groups is 1. The highest BCUT2D eigenvalue weighted by atomic mass is 16.4. The van der Waals surface area contributed by atoms with Crippen LogP contribution in [0.2, 0.25) is 0 Å². The summed E-state index contributed by atoms with van der Waals surface area (Å²) in [5, 5.41) is 12.4. The molecule has 2 saturated carbocycles. The van der Waals surface area contributed by atoms with E-state index in [1.807, 2.05) is 0 Å². The molecule has 19 heavy (non-hydrogen) atoms. The van der Waals surface area contributed by atoms with E-state index in [0.717, 1.165) is 32.1 Å². The molecule has 2 N–H and O–H groups in total. The Morgan fingerprint density at radius 2 is 2.00 bits per heavy atom. The summed E-state index contributed by atoms with van der Waals surface area (Å²) in [6.07, 6.45) is 5.16. The van der Waals surface area contributed by atoms with Crippen LogP contribution in [0.25, 0.3) is 0 Å². The van der Waals surface area contributed by atoms with E-state index in [1.54, 1.807) is 4.90 Å². The number of aliphatic carboxylic acids is 1. The zero-order valence-corrected chi connectivity index (χ0v) is 11.3. The first-order valence-electron chi connectivity index (χ1n) is 7.36. The predicted octanol–water partition coefficient (Wildman–Crippen LogP) is 1.68. The number of likely N-dealkylation sites (tertiary alicyclic amines) is 1. The molecule has 3 rings (SSSR count). The van der Waals surface area contributed by atoms with Gasteiger partial charge >= 0.3 is 12.0 Å². The first-order chi connectivity index (χ1) is 9.06. The Morgan fingerprint density at radius 1 is 1.26 bits per heavy atom. The van der Waals surface area contributed by atoms with Crippen LogP contribution in [0.5, 0.6) is 0 Å². The third-order valence-electron chi connectivity index (χ3n) is 5.11. The summed E-state index contributed by atoms with van der Waals surface area (Å²) in [4.78, 5) is 25.3. The number of fused-ring (bicyclic) bond motifs is 1. The Bertz CT molecular complexity index is 392. The van der Waals surface area contributed by atoms with E-state index in [9.17, 15) is 14.7 Å². The van der Waals surface area contributed by atoms with Crippen molar-refractivity contribution < 1.29 is 14.7 Å². The molecule has 5 nitrogen and oxygen atoms in total. The molecule has 1 heterocycles. The number of nitrogens with one attached hydrogen (secondary N) is 1. The smallest absolute Gasteiger partial charge is 0.326 e. The summed E-state index contributed by atoms with van der Waals surface area (Å²) in [6, 6.07) is -0.527. The molecule has 0 aromatic heterocycles. The van der Waals surface area contributed by atoms with Crippen molar-refractivity contribution in [2.24, 2.45) is 17.8 Å². The molecule has 2 amide bonds. The number of amides is 2. The fraction of sp³-hybridized carbons (Fsp3) is 0.857. The van der Waals surface area contributed by atoms with Gasteiger partial charge in [-0.05, 0) is 43.4 Å². The van der Waals surface area contributed by atoms with E-state index in [2.05, 4.69) is 12.2 Å². The topological polar surface area (TPSA) is 69.6 Å². The van der Waals surface area contributed by atoms with E-state index < -0.39 is 12.0 Å². The molecule has 0 radical (unpaired) electrons. The van der Waals surface area contributed by atoms with Crippen LogP contribution in [0.15, 0.2) is 0 Å². The maximum absolute atomic E-state index is 12.3. The fourth-order valence-electron chi connectivity index (χ4n) is 4.11. The minimum Gasteiger partial charge on any atom is -0.480 e. The Hall–Kier alpha value is -1.26. The summed E-state index contributed by atoms with van der Waals surface area (Å²) in [5.41, 5.74) is 0. The summed E-state index contributed by atoms with van der Waals surface area (Å²) < 4.78 is 0. The molecule has 106 valence electrons. The van der Waals surface area contributed by atoms with Gasteiger partial charge in [0.2, 0.25) is 0 Å². The first kappa shape index (κ1) is 12.8. The molecule has 5 heteroatoms. The summed E-state index contributed by atoms with van der Waals surface area (Å²) >= 11 is 0. The van der Waals surface area contributed by atoms with Crippen molar-refractivity contribution >= 4 is 12.0 Å². The van der Waals surface area contributed by atoms with Gasteiger partial charge in [0.1, 0.15) is 6.04 Å². The average Bonchev–Trinajstić information content (AvgIpc) is 2.84. The third kappa shape index (κ3) is 2.19. The normalized spacial score (nSPS) is 40.7. The van der Waals surface area contributed by atoms with Gasteiger partial charge in [-0.25, -0.2) is 9.59 Å². The van der Waals surface area contributed by atoms with Gasteiger partial charge in [0.05, 0.1) is 0 Å². The van der Waals surface area contributed by atoms with Crippen molar-refractivity contribution in [3.8, 4) is 0 Å². The van der Waals surface area contributed by atoms with Crippen molar-refractivity contribution in [3.05, 3.63) is 0 Å². The quantitative estimate of drug-likeness (QED) is 0.799. The third-order valence-corrected chi connectivity index (χ3v) is 5.11. The number of rotatable bonds is 2. The Labute approximate surface area is 113 Å². The van der Waals surface area contributed by atoms with Crippen LogP contribution in [0.1, 0.15) is 39.0 Å². The maximum atomic E-state index is 12.3. The lowest BCUT2D eigenvalue weighted by molar-refractivity contribution is -0.142. The Kier molecular flexibility index (Phi) is 3.15. The fourth-order valence-corrected chi connectivity index (χ4v) is 4.11. The molecular formula is C14H22N2O3. The monoisotopic (exact) mass is 266 g/mol. The van der Waals surface area contributed by atoms with Gasteiger partial charge in [0.25, 0.3) is 0 Å². The minimum absolute atomic E-state index is 0.168. The number of carboxylic acid groups (broad SMARTS) is 1. The number of carbonyl (C=O) groups excluding carboxylic acids is 1. The van der Waals surface area contributed by atoms with E-state index in [0.29, 0.717) is 18.4 Å². The molecule has 0 spiro atoms. The van der Waals surface area contributed by atoms with E-state index in [-0.39, 0.29) is 18.0 Å². The molecule has 3 atom stereocenters. The van der Waals surface area contributed by atoms with Gasteiger partial charge in [-0.2, -0.15) is 0 Å². The van der Waals surface area contributed by atoms with Crippen LogP contribution in [-0.4, -0.2) is 40.6 Å². The largest absolute Gasteiger partial charge is 0.480 e. The van der Waals surface area contributed by atoms with Crippen LogP contribution >= 0.6 is 0 Å². The molecule has 3 unspecified atom stereocenters. The first-order valence-corrected chi connectivity index (χ1v) is 7.36. The molecule has 0 bridgehead atoms. The molecule has 1 saturated heterocycles. The highest BCUT2D eigenvalue weighted by Gasteiger charge is 2.49. The molecule has 0 aromatic rings. The summed E-state index contributed by atoms with van der Waals surface area (Å²) in [5.74, 6) is 0.404. The second-order valence-electron chi connectivity index (χ2n) is 6.51. The van der Waals surface area contributed by atoms with Gasteiger partial charge in [0.15, 0.2) is 0 Å². The van der Waals surface area contributed by atoms with Gasteiger partial charge in [-0.1, -0.05) is 13.3 Å². The van der Waals surface area contributed by atoms with Crippen LogP contribution < -0.4 is 5.32 Å². The lowest BCUT2D eigenvalue weighted by Crippen LogP contribution is -2.53. The van der Waals surface area contributed by atoms with Gasteiger partial charge in [0, 0.05) is 12.6 Å². The highest BCUT2D eigenvalue weighted by molar-refractivity contribution is 5.84. The zero-order chi connectivity index (χ0) is 13.6. The van der Waals surface area contributed by atoms with E-state index in [1.165, 1.54) is 0 Å². The van der Waals surface area contributed by atoms with Crippen molar-refractivity contribution in [2.45, 2.75) is 51.1 Å². The number of hydrogen-bond donors (Lipinski definition) is 2. The van der Waals surface area contributed by atoms with E-state index in [4.69, 9.17) is 0 Å². The summed E-state index contributed by atoms with van der Waals surface area (Å²) in [7, 11) is 0. The maximum Gasteiger partial charge on any atom is 0.326 e. The molecule has 3 fully saturated rings. The molecular weight excluding hydrogens is 244 g/mol. The van der Waals surface area contributed by atoms with Gasteiger partial charge in [-0.3, -0.25) is 0 Å². The lowest BCUT2D eigenvalue weighted by atomic mass is 9.82. The Morgan fingerprint density at radius 3 is 2.63 bits per heavy atom. The van der Waals surface area contributed by atoms with Crippen molar-refractivity contribution in [3.63, 3.8) is 0 Å².